The number of rotatable bonds is 12. The summed E-state index contributed by atoms with van der Waals surface area (Å²) >= 11 is 1.77. The predicted molar refractivity (Wildman–Crippen MR) is 182 cm³/mol. The van der Waals surface area contributed by atoms with Gasteiger partial charge in [0, 0.05) is 56.8 Å². The highest BCUT2D eigenvalue weighted by Crippen LogP contribution is 2.41. The van der Waals surface area contributed by atoms with Crippen LogP contribution in [-0.2, 0) is 0 Å². The lowest BCUT2D eigenvalue weighted by Gasteiger charge is -2.08. The van der Waals surface area contributed by atoms with Crippen molar-refractivity contribution >= 4 is 11.3 Å². The topological polar surface area (TPSA) is 73.1 Å². The average molecular weight is 591 g/mol. The van der Waals surface area contributed by atoms with Gasteiger partial charge in [-0.05, 0) is 105 Å². The number of aromatic nitrogens is 2. The van der Waals surface area contributed by atoms with Crippen LogP contribution in [0.5, 0.6) is 5.75 Å². The number of thiophene rings is 1. The molecule has 1 aliphatic carbocycles. The number of unbranched alkanes of at least 4 members (excludes halogenated alkanes) is 1. The number of ether oxygens (including phenoxy) is 1. The average Bonchev–Trinajstić information content (AvgIpc) is 3.80. The van der Waals surface area contributed by atoms with E-state index in [1.807, 2.05) is 44.0 Å². The highest BCUT2D eigenvalue weighted by Gasteiger charge is 2.23. The van der Waals surface area contributed by atoms with Gasteiger partial charge in [0.25, 0.3) is 0 Å². The number of benzene rings is 2. The van der Waals surface area contributed by atoms with E-state index in [4.69, 9.17) is 10.5 Å². The zero-order chi connectivity index (χ0) is 29.9. The maximum Gasteiger partial charge on any atom is 0.119 e. The third-order valence-corrected chi connectivity index (χ3v) is 8.67. The minimum atomic E-state index is 0.623. The molecular weight excluding hydrogens is 549 g/mol. The summed E-state index contributed by atoms with van der Waals surface area (Å²) in [6.07, 6.45) is 13.8. The summed E-state index contributed by atoms with van der Waals surface area (Å²) < 4.78 is 5.83. The zero-order valence-electron chi connectivity index (χ0n) is 25.3. The highest BCUT2D eigenvalue weighted by atomic mass is 32.1. The summed E-state index contributed by atoms with van der Waals surface area (Å²) in [4.78, 5) is 11.5. The molecule has 3 aromatic heterocycles. The second-order valence-corrected chi connectivity index (χ2v) is 12.0. The van der Waals surface area contributed by atoms with Gasteiger partial charge in [0.05, 0.1) is 6.61 Å². The van der Waals surface area contributed by atoms with Crippen LogP contribution in [0.1, 0.15) is 50.5 Å². The molecular formula is C37H42N4OS. The first-order valence-corrected chi connectivity index (χ1v) is 16.2. The summed E-state index contributed by atoms with van der Waals surface area (Å²) in [5.74, 6) is 1.59. The van der Waals surface area contributed by atoms with Crippen LogP contribution in [-0.4, -0.2) is 36.7 Å². The SMILES string of the molecule is CCCCNC.NCCCOc1cccc(-c2cncc(-c3ccc(-c4cncc(-c5cccc(C6CC6)c5)c4)s3)c2)c1. The minimum absolute atomic E-state index is 0.623. The Balaban J connectivity index is 0.000000559. The highest BCUT2D eigenvalue weighted by molar-refractivity contribution is 7.18. The normalized spacial score (nSPS) is 12.4. The molecule has 6 rings (SSSR count). The van der Waals surface area contributed by atoms with Crippen LogP contribution in [0.4, 0.5) is 0 Å². The van der Waals surface area contributed by atoms with Crippen molar-refractivity contribution < 1.29 is 4.74 Å². The second kappa shape index (κ2) is 15.6. The standard InChI is InChI=1S/C32H29N3OS.C5H13N/c33-12-3-13-36-30-7-2-6-25(17-30)27-16-29(21-35-19-27)32-11-10-31(37-32)28-15-26(18-34-20-28)24-5-1-4-23(14-24)22-8-9-22;1-3-4-5-6-2/h1-2,4-7,10-11,14-22H,3,8-9,12-13,33H2;6H,3-5H2,1-2H3. The molecule has 222 valence electrons. The lowest BCUT2D eigenvalue weighted by molar-refractivity contribution is 0.313. The first-order valence-electron chi connectivity index (χ1n) is 15.4. The van der Waals surface area contributed by atoms with Gasteiger partial charge < -0.3 is 15.8 Å². The Hall–Kier alpha value is -3.84. The van der Waals surface area contributed by atoms with Gasteiger partial charge in [-0.25, -0.2) is 0 Å². The molecule has 6 heteroatoms. The molecule has 2 aromatic carbocycles. The van der Waals surface area contributed by atoms with Crippen LogP contribution in [0.25, 0.3) is 43.1 Å². The second-order valence-electron chi connectivity index (χ2n) is 11.0. The van der Waals surface area contributed by atoms with Crippen molar-refractivity contribution in [2.75, 3.05) is 26.7 Å². The molecule has 0 bridgehead atoms. The monoisotopic (exact) mass is 590 g/mol. The van der Waals surface area contributed by atoms with Gasteiger partial charge >= 0.3 is 0 Å². The van der Waals surface area contributed by atoms with Crippen LogP contribution >= 0.6 is 11.3 Å². The molecule has 1 saturated carbocycles. The molecule has 1 fully saturated rings. The molecule has 0 atom stereocenters. The van der Waals surface area contributed by atoms with Gasteiger partial charge in [0.15, 0.2) is 0 Å². The van der Waals surface area contributed by atoms with Gasteiger partial charge in [-0.15, -0.1) is 11.3 Å². The molecule has 0 aliphatic heterocycles. The Morgan fingerprint density at radius 1 is 0.767 bits per heavy atom. The minimum Gasteiger partial charge on any atom is -0.494 e. The van der Waals surface area contributed by atoms with E-state index in [0.717, 1.165) is 52.5 Å². The molecule has 5 aromatic rings. The van der Waals surface area contributed by atoms with Crippen LogP contribution in [0.2, 0.25) is 0 Å². The first-order chi connectivity index (χ1) is 21.2. The Bertz CT molecular complexity index is 1590. The largest absolute Gasteiger partial charge is 0.494 e. The van der Waals surface area contributed by atoms with E-state index in [-0.39, 0.29) is 0 Å². The van der Waals surface area contributed by atoms with E-state index in [1.54, 1.807) is 11.3 Å². The third-order valence-electron chi connectivity index (χ3n) is 7.49. The molecule has 0 unspecified atom stereocenters. The number of nitrogens with zero attached hydrogens (tertiary/aromatic N) is 2. The third kappa shape index (κ3) is 8.60. The molecule has 43 heavy (non-hydrogen) atoms. The summed E-state index contributed by atoms with van der Waals surface area (Å²) in [5, 5.41) is 3.07. The van der Waals surface area contributed by atoms with E-state index in [1.165, 1.54) is 46.6 Å². The number of pyridine rings is 2. The van der Waals surface area contributed by atoms with E-state index in [9.17, 15) is 0 Å². The molecule has 0 amide bonds. The van der Waals surface area contributed by atoms with Gasteiger partial charge in [-0.2, -0.15) is 0 Å². The molecule has 1 aliphatic rings. The zero-order valence-corrected chi connectivity index (χ0v) is 26.1. The summed E-state index contributed by atoms with van der Waals surface area (Å²) in [6.45, 7) is 4.61. The number of nitrogens with two attached hydrogens (primary N) is 1. The maximum atomic E-state index is 5.83. The maximum absolute atomic E-state index is 5.83. The molecule has 0 radical (unpaired) electrons. The van der Waals surface area contributed by atoms with Crippen molar-refractivity contribution in [3.63, 3.8) is 0 Å². The molecule has 3 heterocycles. The van der Waals surface area contributed by atoms with E-state index in [0.29, 0.717) is 13.2 Å². The fourth-order valence-corrected chi connectivity index (χ4v) is 5.86. The van der Waals surface area contributed by atoms with Crippen LogP contribution in [0.3, 0.4) is 0 Å². The summed E-state index contributed by atoms with van der Waals surface area (Å²) in [5.41, 5.74) is 13.8. The Morgan fingerprint density at radius 3 is 1.98 bits per heavy atom. The van der Waals surface area contributed by atoms with Crippen LogP contribution < -0.4 is 15.8 Å². The smallest absolute Gasteiger partial charge is 0.119 e. The Morgan fingerprint density at radius 2 is 1.40 bits per heavy atom. The summed E-state index contributed by atoms with van der Waals surface area (Å²) in [6, 6.07) is 25.9. The molecule has 0 saturated heterocycles. The van der Waals surface area contributed by atoms with Gasteiger partial charge in [-0.3, -0.25) is 9.97 Å². The fourth-order valence-electron chi connectivity index (χ4n) is 4.89. The van der Waals surface area contributed by atoms with E-state index < -0.39 is 0 Å². The van der Waals surface area contributed by atoms with Crippen LogP contribution in [0, 0.1) is 0 Å². The lowest BCUT2D eigenvalue weighted by atomic mass is 10.0. The van der Waals surface area contributed by atoms with Crippen molar-refractivity contribution in [3.8, 4) is 48.9 Å². The molecule has 3 N–H and O–H groups in total. The lowest BCUT2D eigenvalue weighted by Crippen LogP contribution is -2.06. The first kappa shape index (κ1) is 30.6. The Kier molecular flexibility index (Phi) is 11.1. The number of nitrogens with one attached hydrogen (secondary N) is 1. The predicted octanol–water partition coefficient (Wildman–Crippen LogP) is 8.82. The van der Waals surface area contributed by atoms with Gasteiger partial charge in [0.2, 0.25) is 0 Å². The van der Waals surface area contributed by atoms with E-state index in [2.05, 4.69) is 82.9 Å². The van der Waals surface area contributed by atoms with Crippen LogP contribution in [0.15, 0.2) is 97.6 Å². The van der Waals surface area contributed by atoms with Gasteiger partial charge in [-0.1, -0.05) is 49.7 Å². The van der Waals surface area contributed by atoms with E-state index >= 15 is 0 Å². The van der Waals surface area contributed by atoms with Crippen molar-refractivity contribution in [1.29, 1.82) is 0 Å². The van der Waals surface area contributed by atoms with Crippen molar-refractivity contribution in [1.82, 2.24) is 15.3 Å². The van der Waals surface area contributed by atoms with Crippen molar-refractivity contribution in [2.45, 2.75) is 44.9 Å². The van der Waals surface area contributed by atoms with Crippen molar-refractivity contribution in [2.24, 2.45) is 5.73 Å². The van der Waals surface area contributed by atoms with Crippen molar-refractivity contribution in [3.05, 3.63) is 103 Å². The molecule has 5 nitrogen and oxygen atoms in total. The molecule has 0 spiro atoms. The fraction of sp³-hybridized carbons (Fsp3) is 0.297. The van der Waals surface area contributed by atoms with Gasteiger partial charge in [0.1, 0.15) is 5.75 Å². The Labute approximate surface area is 260 Å². The number of hydrogen-bond donors (Lipinski definition) is 2. The summed E-state index contributed by atoms with van der Waals surface area (Å²) in [7, 11) is 1.98. The quantitative estimate of drug-likeness (QED) is 0.142. The number of hydrogen-bond acceptors (Lipinski definition) is 6.